The zero-order valence-corrected chi connectivity index (χ0v) is 11.3. The van der Waals surface area contributed by atoms with Gasteiger partial charge in [0.15, 0.2) is 0 Å². The summed E-state index contributed by atoms with van der Waals surface area (Å²) in [5.41, 5.74) is -1.22. The van der Waals surface area contributed by atoms with E-state index in [1.54, 1.807) is 7.11 Å². The molecule has 1 amide bonds. The molecule has 0 bridgehead atoms. The van der Waals surface area contributed by atoms with Crippen LogP contribution < -0.4 is 10.6 Å². The third-order valence-corrected chi connectivity index (χ3v) is 4.36. The molecule has 0 radical (unpaired) electrons. The Balaban J connectivity index is 1.94. The Morgan fingerprint density at radius 1 is 1.21 bits per heavy atom. The molecule has 3 N–H and O–H groups in total. The number of carboxylic acids is 1. The third kappa shape index (κ3) is 2.90. The van der Waals surface area contributed by atoms with E-state index in [4.69, 9.17) is 9.84 Å². The second-order valence-corrected chi connectivity index (χ2v) is 5.73. The number of carbonyl (C=O) groups excluding carboxylic acids is 1. The molecule has 1 saturated heterocycles. The van der Waals surface area contributed by atoms with Crippen LogP contribution in [0.2, 0.25) is 0 Å². The van der Waals surface area contributed by atoms with Gasteiger partial charge in [-0.2, -0.15) is 0 Å². The Labute approximate surface area is 112 Å². The van der Waals surface area contributed by atoms with Crippen LogP contribution in [0.3, 0.4) is 0 Å². The Hall–Kier alpha value is -1.14. The van der Waals surface area contributed by atoms with Crippen molar-refractivity contribution in [3.05, 3.63) is 0 Å². The summed E-state index contributed by atoms with van der Waals surface area (Å²) in [6, 6.07) is 0. The van der Waals surface area contributed by atoms with Crippen molar-refractivity contribution in [2.45, 2.75) is 25.7 Å². The molecule has 2 fully saturated rings. The van der Waals surface area contributed by atoms with Crippen molar-refractivity contribution in [1.82, 2.24) is 10.6 Å². The van der Waals surface area contributed by atoms with Crippen LogP contribution in [0.1, 0.15) is 25.7 Å². The summed E-state index contributed by atoms with van der Waals surface area (Å²) in [6.07, 6.45) is 2.77. The lowest BCUT2D eigenvalue weighted by Gasteiger charge is -2.35. The Morgan fingerprint density at radius 2 is 1.84 bits per heavy atom. The van der Waals surface area contributed by atoms with Gasteiger partial charge < -0.3 is 20.5 Å². The van der Waals surface area contributed by atoms with Crippen LogP contribution in [0.25, 0.3) is 0 Å². The number of piperidine rings is 1. The highest BCUT2D eigenvalue weighted by Gasteiger charge is 2.51. The zero-order chi connectivity index (χ0) is 13.9. The maximum absolute atomic E-state index is 12.4. The van der Waals surface area contributed by atoms with Gasteiger partial charge >= 0.3 is 5.97 Å². The van der Waals surface area contributed by atoms with Crippen LogP contribution in [-0.4, -0.2) is 50.3 Å². The molecule has 1 aliphatic heterocycles. The van der Waals surface area contributed by atoms with Crippen LogP contribution >= 0.6 is 0 Å². The highest BCUT2D eigenvalue weighted by Crippen LogP contribution is 2.45. The first-order valence-electron chi connectivity index (χ1n) is 6.76. The minimum atomic E-state index is -0.807. The van der Waals surface area contributed by atoms with Gasteiger partial charge in [0.2, 0.25) is 5.91 Å². The highest BCUT2D eigenvalue weighted by atomic mass is 16.5. The predicted molar refractivity (Wildman–Crippen MR) is 68.7 cm³/mol. The summed E-state index contributed by atoms with van der Waals surface area (Å²) in [7, 11) is 1.59. The lowest BCUT2D eigenvalue weighted by molar-refractivity contribution is -0.144. The third-order valence-electron chi connectivity index (χ3n) is 4.36. The average molecular weight is 270 g/mol. The summed E-state index contributed by atoms with van der Waals surface area (Å²) >= 11 is 0. The fourth-order valence-electron chi connectivity index (χ4n) is 2.67. The van der Waals surface area contributed by atoms with Gasteiger partial charge in [-0.3, -0.25) is 9.59 Å². The molecule has 1 heterocycles. The number of methoxy groups -OCH3 is 1. The Kier molecular flexibility index (Phi) is 4.10. The smallest absolute Gasteiger partial charge is 0.311 e. The fraction of sp³-hybridized carbons (Fsp3) is 0.846. The van der Waals surface area contributed by atoms with Crippen LogP contribution in [0.4, 0.5) is 0 Å². The van der Waals surface area contributed by atoms with Gasteiger partial charge in [-0.1, -0.05) is 0 Å². The summed E-state index contributed by atoms with van der Waals surface area (Å²) in [6.45, 7) is 2.21. The number of hydrogen-bond donors (Lipinski definition) is 3. The standard InChI is InChI=1S/C13H22N2O4/c1-19-9-13(4-6-14-7-5-13)10(16)15-8-12(2-3-12)11(17)18/h14H,2-9H2,1H3,(H,15,16)(H,17,18). The number of aliphatic carboxylic acids is 1. The summed E-state index contributed by atoms with van der Waals surface area (Å²) in [4.78, 5) is 23.5. The molecule has 0 spiro atoms. The molecule has 0 aromatic heterocycles. The monoisotopic (exact) mass is 270 g/mol. The predicted octanol–water partition coefficient (Wildman–Crippen LogP) is -0.0164. The number of hydrogen-bond acceptors (Lipinski definition) is 4. The van der Waals surface area contributed by atoms with E-state index in [1.807, 2.05) is 0 Å². The van der Waals surface area contributed by atoms with Crippen LogP contribution in [-0.2, 0) is 14.3 Å². The van der Waals surface area contributed by atoms with Gasteiger partial charge in [-0.05, 0) is 38.8 Å². The van der Waals surface area contributed by atoms with Crippen molar-refractivity contribution in [2.75, 3.05) is 33.4 Å². The average Bonchev–Trinajstić information content (AvgIpc) is 3.18. The first-order valence-corrected chi connectivity index (χ1v) is 6.76. The van der Waals surface area contributed by atoms with E-state index in [1.165, 1.54) is 0 Å². The van der Waals surface area contributed by atoms with Crippen LogP contribution in [0, 0.1) is 10.8 Å². The van der Waals surface area contributed by atoms with Crippen molar-refractivity contribution in [2.24, 2.45) is 10.8 Å². The number of amides is 1. The van der Waals surface area contributed by atoms with Crippen LogP contribution in [0.15, 0.2) is 0 Å². The SMILES string of the molecule is COCC1(C(=O)NCC2(C(=O)O)CC2)CCNCC1. The van der Waals surface area contributed by atoms with Gasteiger partial charge in [0.05, 0.1) is 17.4 Å². The molecular formula is C13H22N2O4. The topological polar surface area (TPSA) is 87.7 Å². The molecule has 19 heavy (non-hydrogen) atoms. The molecule has 2 aliphatic rings. The zero-order valence-electron chi connectivity index (χ0n) is 11.3. The van der Waals surface area contributed by atoms with Crippen molar-refractivity contribution in [1.29, 1.82) is 0 Å². The molecule has 1 saturated carbocycles. The van der Waals surface area contributed by atoms with Crippen molar-refractivity contribution < 1.29 is 19.4 Å². The normalized spacial score (nSPS) is 23.6. The summed E-state index contributed by atoms with van der Waals surface area (Å²) in [5, 5.41) is 15.2. The van der Waals surface area contributed by atoms with E-state index in [2.05, 4.69) is 10.6 Å². The van der Waals surface area contributed by atoms with Gasteiger partial charge in [0.25, 0.3) is 0 Å². The molecule has 108 valence electrons. The minimum absolute atomic E-state index is 0.0663. The lowest BCUT2D eigenvalue weighted by atomic mass is 9.78. The number of rotatable bonds is 6. The van der Waals surface area contributed by atoms with E-state index >= 15 is 0 Å². The first kappa shape index (κ1) is 14.3. The minimum Gasteiger partial charge on any atom is -0.481 e. The van der Waals surface area contributed by atoms with Crippen molar-refractivity contribution in [3.63, 3.8) is 0 Å². The Bertz CT molecular complexity index is 354. The molecule has 6 nitrogen and oxygen atoms in total. The van der Waals surface area contributed by atoms with Crippen molar-refractivity contribution >= 4 is 11.9 Å². The molecule has 2 rings (SSSR count). The second kappa shape index (κ2) is 5.46. The summed E-state index contributed by atoms with van der Waals surface area (Å²) in [5.74, 6) is -0.873. The lowest BCUT2D eigenvalue weighted by Crippen LogP contribution is -2.51. The number of ether oxygens (including phenoxy) is 1. The van der Waals surface area contributed by atoms with Crippen molar-refractivity contribution in [3.8, 4) is 0 Å². The van der Waals surface area contributed by atoms with Gasteiger partial charge in [0.1, 0.15) is 0 Å². The maximum atomic E-state index is 12.4. The van der Waals surface area contributed by atoms with Gasteiger partial charge in [-0.25, -0.2) is 0 Å². The van der Waals surface area contributed by atoms with Crippen LogP contribution in [0.5, 0.6) is 0 Å². The number of carbonyl (C=O) groups is 2. The highest BCUT2D eigenvalue weighted by molar-refractivity contribution is 5.84. The molecule has 0 aromatic rings. The summed E-state index contributed by atoms with van der Waals surface area (Å²) < 4.78 is 5.20. The molecule has 0 atom stereocenters. The fourth-order valence-corrected chi connectivity index (χ4v) is 2.67. The van der Waals surface area contributed by atoms with E-state index in [0.717, 1.165) is 25.9 Å². The van der Waals surface area contributed by atoms with Gasteiger partial charge in [0, 0.05) is 13.7 Å². The van der Waals surface area contributed by atoms with Gasteiger partial charge in [-0.15, -0.1) is 0 Å². The Morgan fingerprint density at radius 3 is 2.32 bits per heavy atom. The molecule has 1 aliphatic carbocycles. The maximum Gasteiger partial charge on any atom is 0.311 e. The van der Waals surface area contributed by atoms with E-state index in [9.17, 15) is 9.59 Å². The quantitative estimate of drug-likeness (QED) is 0.631. The largest absolute Gasteiger partial charge is 0.481 e. The number of carboxylic acid groups (broad SMARTS) is 1. The van der Waals surface area contributed by atoms with E-state index < -0.39 is 16.8 Å². The second-order valence-electron chi connectivity index (χ2n) is 5.73. The number of nitrogens with one attached hydrogen (secondary N) is 2. The molecule has 0 unspecified atom stereocenters. The van der Waals surface area contributed by atoms with E-state index in [-0.39, 0.29) is 12.5 Å². The van der Waals surface area contributed by atoms with E-state index in [0.29, 0.717) is 19.4 Å². The first-order chi connectivity index (χ1) is 9.05. The molecular weight excluding hydrogens is 248 g/mol. The molecule has 6 heteroatoms. The molecule has 0 aromatic carbocycles.